The van der Waals surface area contributed by atoms with Crippen LogP contribution in [0.25, 0.3) is 0 Å². The Hall–Kier alpha value is -0.400. The highest BCUT2D eigenvalue weighted by molar-refractivity contribution is 4.91. The minimum atomic E-state index is -1.66. The van der Waals surface area contributed by atoms with E-state index in [1.54, 1.807) is 0 Å². The average molecular weight is 340 g/mol. The second-order valence-electron chi connectivity index (χ2n) is 5.63. The first-order valence-corrected chi connectivity index (χ1v) is 7.36. The van der Waals surface area contributed by atoms with Gasteiger partial charge in [0.1, 0.15) is 36.6 Å². The van der Waals surface area contributed by atoms with E-state index in [4.69, 9.17) is 18.9 Å². The van der Waals surface area contributed by atoms with E-state index in [2.05, 4.69) is 0 Å². The molecule has 2 aliphatic rings. The maximum Gasteiger partial charge on any atom is 0.184 e. The molecular weight excluding hydrogens is 316 g/mol. The van der Waals surface area contributed by atoms with Gasteiger partial charge >= 0.3 is 0 Å². The van der Waals surface area contributed by atoms with Gasteiger partial charge in [-0.25, -0.2) is 0 Å². The van der Waals surface area contributed by atoms with E-state index in [1.165, 1.54) is 7.11 Å². The molecule has 0 aliphatic carbocycles. The second-order valence-corrected chi connectivity index (χ2v) is 5.63. The lowest BCUT2D eigenvalue weighted by Crippen LogP contribution is -2.62. The van der Waals surface area contributed by atoms with Crippen molar-refractivity contribution < 1.29 is 49.6 Å². The van der Waals surface area contributed by atoms with Gasteiger partial charge in [0, 0.05) is 13.5 Å². The molecule has 0 spiro atoms. The third kappa shape index (κ3) is 3.99. The van der Waals surface area contributed by atoms with Gasteiger partial charge in [-0.2, -0.15) is 0 Å². The van der Waals surface area contributed by atoms with Crippen LogP contribution in [0, 0.1) is 0 Å². The van der Waals surface area contributed by atoms with Gasteiger partial charge in [0.2, 0.25) is 0 Å². The summed E-state index contributed by atoms with van der Waals surface area (Å²) in [4.78, 5) is 0. The summed E-state index contributed by atoms with van der Waals surface area (Å²) in [5.41, 5.74) is 0. The Labute approximate surface area is 132 Å². The minimum Gasteiger partial charge on any atom is -0.394 e. The van der Waals surface area contributed by atoms with Crippen LogP contribution in [0.4, 0.5) is 0 Å². The molecule has 0 aromatic heterocycles. The highest BCUT2D eigenvalue weighted by Gasteiger charge is 2.47. The predicted molar refractivity (Wildman–Crippen MR) is 72.0 cm³/mol. The van der Waals surface area contributed by atoms with E-state index in [1.807, 2.05) is 0 Å². The van der Waals surface area contributed by atoms with Crippen molar-refractivity contribution in [3.05, 3.63) is 0 Å². The summed E-state index contributed by atoms with van der Waals surface area (Å²) in [5.74, 6) is 0. The largest absolute Gasteiger partial charge is 0.394 e. The summed E-state index contributed by atoms with van der Waals surface area (Å²) in [6, 6.07) is 0. The van der Waals surface area contributed by atoms with Gasteiger partial charge in [-0.15, -0.1) is 0 Å². The van der Waals surface area contributed by atoms with Crippen LogP contribution in [0.1, 0.15) is 6.42 Å². The van der Waals surface area contributed by atoms with Gasteiger partial charge in [0.15, 0.2) is 12.6 Å². The van der Waals surface area contributed by atoms with Gasteiger partial charge in [0.05, 0.1) is 19.3 Å². The van der Waals surface area contributed by atoms with E-state index in [-0.39, 0.29) is 13.0 Å². The minimum absolute atomic E-state index is 0.130. The Morgan fingerprint density at radius 2 is 1.61 bits per heavy atom. The Kier molecular flexibility index (Phi) is 6.68. The Morgan fingerprint density at radius 3 is 2.17 bits per heavy atom. The number of aliphatic hydroxyl groups excluding tert-OH is 6. The molecule has 2 saturated heterocycles. The van der Waals surface area contributed by atoms with E-state index < -0.39 is 61.9 Å². The standard InChI is InChI=1S/C13H24O10/c1-20-6-2-5(16)13(22-7(6)3-14)23-11-8(4-15)21-12(19)10(18)9(11)17/h5-19H,2-4H2,1H3. The van der Waals surface area contributed by atoms with Crippen LogP contribution in [-0.2, 0) is 18.9 Å². The van der Waals surface area contributed by atoms with Crippen LogP contribution < -0.4 is 0 Å². The Morgan fingerprint density at radius 1 is 0.957 bits per heavy atom. The zero-order valence-electron chi connectivity index (χ0n) is 12.6. The van der Waals surface area contributed by atoms with Gasteiger partial charge in [0.25, 0.3) is 0 Å². The first-order chi connectivity index (χ1) is 10.9. The first kappa shape index (κ1) is 18.9. The Bertz CT molecular complexity index is 367. The number of hydrogen-bond donors (Lipinski definition) is 6. The number of ether oxygens (including phenoxy) is 4. The highest BCUT2D eigenvalue weighted by atomic mass is 16.7. The summed E-state index contributed by atoms with van der Waals surface area (Å²) < 4.78 is 20.9. The molecule has 10 heteroatoms. The van der Waals surface area contributed by atoms with E-state index in [9.17, 15) is 30.6 Å². The molecule has 2 fully saturated rings. The summed E-state index contributed by atoms with van der Waals surface area (Å²) in [6.07, 6.45) is -10.7. The topological polar surface area (TPSA) is 158 Å². The quantitative estimate of drug-likeness (QED) is 0.294. The SMILES string of the molecule is COC1CC(O)C(OC2C(CO)OC(O)C(O)C2O)OC1CO. The lowest BCUT2D eigenvalue weighted by molar-refractivity contribution is -0.344. The average Bonchev–Trinajstić information content (AvgIpc) is 2.55. The Balaban J connectivity index is 2.06. The lowest BCUT2D eigenvalue weighted by Gasteiger charge is -2.44. The van der Waals surface area contributed by atoms with Crippen molar-refractivity contribution >= 4 is 0 Å². The van der Waals surface area contributed by atoms with Crippen molar-refractivity contribution in [2.75, 3.05) is 20.3 Å². The van der Waals surface area contributed by atoms with Gasteiger partial charge < -0.3 is 49.6 Å². The second kappa shape index (κ2) is 8.12. The molecule has 2 rings (SSSR count). The van der Waals surface area contributed by atoms with Crippen LogP contribution in [0.5, 0.6) is 0 Å². The molecule has 0 bridgehead atoms. The van der Waals surface area contributed by atoms with E-state index >= 15 is 0 Å². The molecule has 2 heterocycles. The maximum absolute atomic E-state index is 10.1. The van der Waals surface area contributed by atoms with Crippen molar-refractivity contribution in [1.29, 1.82) is 0 Å². The summed E-state index contributed by atoms with van der Waals surface area (Å²) in [5, 5.41) is 57.8. The van der Waals surface area contributed by atoms with E-state index in [0.29, 0.717) is 0 Å². The smallest absolute Gasteiger partial charge is 0.184 e. The third-order valence-corrected chi connectivity index (χ3v) is 4.12. The fraction of sp³-hybridized carbons (Fsp3) is 1.00. The lowest BCUT2D eigenvalue weighted by atomic mass is 9.98. The molecule has 10 nitrogen and oxygen atoms in total. The molecule has 2 aliphatic heterocycles. The molecular formula is C13H24O10. The van der Waals surface area contributed by atoms with E-state index in [0.717, 1.165) is 0 Å². The van der Waals surface area contributed by atoms with Crippen LogP contribution in [-0.4, -0.2) is 106 Å². The highest BCUT2D eigenvalue weighted by Crippen LogP contribution is 2.28. The van der Waals surface area contributed by atoms with Crippen LogP contribution >= 0.6 is 0 Å². The van der Waals surface area contributed by atoms with Crippen molar-refractivity contribution in [2.45, 2.75) is 61.7 Å². The van der Waals surface area contributed by atoms with Crippen LogP contribution in [0.15, 0.2) is 0 Å². The molecule has 0 aromatic rings. The first-order valence-electron chi connectivity index (χ1n) is 7.36. The van der Waals surface area contributed by atoms with Crippen molar-refractivity contribution in [3.63, 3.8) is 0 Å². The summed E-state index contributed by atoms with van der Waals surface area (Å²) >= 11 is 0. The van der Waals surface area contributed by atoms with Gasteiger partial charge in [-0.3, -0.25) is 0 Å². The van der Waals surface area contributed by atoms with Crippen molar-refractivity contribution in [2.24, 2.45) is 0 Å². The molecule has 9 unspecified atom stereocenters. The molecule has 0 amide bonds. The third-order valence-electron chi connectivity index (χ3n) is 4.12. The molecule has 0 radical (unpaired) electrons. The molecule has 0 aromatic carbocycles. The number of aliphatic hydroxyl groups is 6. The monoisotopic (exact) mass is 340 g/mol. The van der Waals surface area contributed by atoms with Gasteiger partial charge in [-0.05, 0) is 0 Å². The van der Waals surface area contributed by atoms with Crippen molar-refractivity contribution in [3.8, 4) is 0 Å². The van der Waals surface area contributed by atoms with Crippen LogP contribution in [0.2, 0.25) is 0 Å². The zero-order chi connectivity index (χ0) is 17.1. The maximum atomic E-state index is 10.1. The number of methoxy groups -OCH3 is 1. The fourth-order valence-electron chi connectivity index (χ4n) is 2.77. The number of rotatable bonds is 5. The summed E-state index contributed by atoms with van der Waals surface area (Å²) in [6.45, 7) is -0.946. The predicted octanol–water partition coefficient (Wildman–Crippen LogP) is -3.71. The summed E-state index contributed by atoms with van der Waals surface area (Å²) in [7, 11) is 1.42. The van der Waals surface area contributed by atoms with Gasteiger partial charge in [-0.1, -0.05) is 0 Å². The molecule has 23 heavy (non-hydrogen) atoms. The fourth-order valence-corrected chi connectivity index (χ4v) is 2.77. The van der Waals surface area contributed by atoms with Crippen molar-refractivity contribution in [1.82, 2.24) is 0 Å². The zero-order valence-corrected chi connectivity index (χ0v) is 12.6. The molecule has 0 saturated carbocycles. The molecule has 6 N–H and O–H groups in total. The molecule has 136 valence electrons. The normalized spacial score (nSPS) is 48.4. The number of hydrogen-bond acceptors (Lipinski definition) is 10. The van der Waals surface area contributed by atoms with Crippen LogP contribution in [0.3, 0.4) is 0 Å². The molecule has 9 atom stereocenters.